The van der Waals surface area contributed by atoms with Crippen molar-refractivity contribution >= 4 is 31.9 Å². The van der Waals surface area contributed by atoms with Gasteiger partial charge in [-0.15, -0.1) is 0 Å². The van der Waals surface area contributed by atoms with Gasteiger partial charge >= 0.3 is 0 Å². The Labute approximate surface area is 181 Å². The van der Waals surface area contributed by atoms with Crippen molar-refractivity contribution in [2.75, 3.05) is 39.3 Å². The third-order valence-corrected chi connectivity index (χ3v) is 6.75. The Morgan fingerprint density at radius 1 is 0.833 bits per heavy atom. The number of rotatable bonds is 15. The minimum absolute atomic E-state index is 0.183. The van der Waals surface area contributed by atoms with Crippen LogP contribution >= 0.6 is 0 Å². The molecule has 0 amide bonds. The van der Waals surface area contributed by atoms with E-state index < -0.39 is 21.1 Å². The van der Waals surface area contributed by atoms with E-state index in [4.69, 9.17) is 10.3 Å². The number of fused-ring (bicyclic) bond motifs is 1. The van der Waals surface area contributed by atoms with Crippen LogP contribution in [-0.4, -0.2) is 56.4 Å². The van der Waals surface area contributed by atoms with Crippen molar-refractivity contribution in [2.45, 2.75) is 35.5 Å². The van der Waals surface area contributed by atoms with Crippen LogP contribution in [0.3, 0.4) is 0 Å². The van der Waals surface area contributed by atoms with Gasteiger partial charge in [-0.2, -0.15) is 0 Å². The van der Waals surface area contributed by atoms with Crippen molar-refractivity contribution in [1.29, 1.82) is 0 Å². The van der Waals surface area contributed by atoms with Crippen molar-refractivity contribution in [1.82, 2.24) is 15.4 Å². The number of hydrogen-bond acceptors (Lipinski definition) is 6. The molecule has 8 nitrogen and oxygen atoms in total. The van der Waals surface area contributed by atoms with Gasteiger partial charge in [0.2, 0.25) is 10.0 Å². The Balaban J connectivity index is 1.69. The van der Waals surface area contributed by atoms with E-state index in [-0.39, 0.29) is 9.79 Å². The van der Waals surface area contributed by atoms with Crippen LogP contribution in [0.2, 0.25) is 0 Å². The van der Waals surface area contributed by atoms with E-state index in [1.807, 2.05) is 0 Å². The zero-order chi connectivity index (χ0) is 21.8. The Kier molecular flexibility index (Phi) is 10.9. The minimum Gasteiger partial charge on any atom is -0.330 e. The molecule has 0 radical (unpaired) electrons. The maximum absolute atomic E-state index is 12.5. The first-order valence-electron chi connectivity index (χ1n) is 10.2. The molecular weight excluding hydrogens is 424 g/mol. The van der Waals surface area contributed by atoms with Gasteiger partial charge in [0, 0.05) is 6.54 Å². The van der Waals surface area contributed by atoms with Crippen molar-refractivity contribution in [3.8, 4) is 0 Å². The first-order valence-corrected chi connectivity index (χ1v) is 12.8. The number of unbranched alkanes of at least 4 members (excludes halogenated alkanes) is 1. The largest absolute Gasteiger partial charge is 0.330 e. The van der Waals surface area contributed by atoms with E-state index in [1.165, 1.54) is 12.1 Å². The van der Waals surface area contributed by atoms with E-state index in [2.05, 4.69) is 15.4 Å². The summed E-state index contributed by atoms with van der Waals surface area (Å²) in [4.78, 5) is 0.467. The summed E-state index contributed by atoms with van der Waals surface area (Å²) in [6.07, 6.45) is 3.87. The number of nitrogens with one attached hydrogen (secondary N) is 3. The van der Waals surface area contributed by atoms with Gasteiger partial charge < -0.3 is 20.9 Å². The third kappa shape index (κ3) is 8.38. The van der Waals surface area contributed by atoms with Crippen LogP contribution in [0.25, 0.3) is 10.8 Å². The quantitative estimate of drug-likeness (QED) is 0.202. The molecule has 1 atom stereocenters. The molecule has 0 saturated carbocycles. The molecule has 168 valence electrons. The minimum atomic E-state index is -3.60. The molecule has 2 aromatic rings. The summed E-state index contributed by atoms with van der Waals surface area (Å²) in [6, 6.07) is 9.47. The predicted molar refractivity (Wildman–Crippen MR) is 121 cm³/mol. The summed E-state index contributed by atoms with van der Waals surface area (Å²) in [6.45, 7) is 4.70. The summed E-state index contributed by atoms with van der Waals surface area (Å²) in [5, 5.41) is 8.08. The van der Waals surface area contributed by atoms with E-state index in [9.17, 15) is 12.6 Å². The summed E-state index contributed by atoms with van der Waals surface area (Å²) in [7, 11) is -3.60. The molecule has 0 aliphatic carbocycles. The summed E-state index contributed by atoms with van der Waals surface area (Å²) >= 11 is -2.06. The zero-order valence-electron chi connectivity index (χ0n) is 17.1. The van der Waals surface area contributed by atoms with Crippen LogP contribution < -0.4 is 21.1 Å². The molecule has 0 bridgehead atoms. The molecule has 6 N–H and O–H groups in total. The number of sulfonamides is 1. The maximum atomic E-state index is 12.5. The van der Waals surface area contributed by atoms with Gasteiger partial charge in [0.05, 0.1) is 9.79 Å². The van der Waals surface area contributed by atoms with Crippen LogP contribution in [0.15, 0.2) is 46.2 Å². The Morgan fingerprint density at radius 3 is 2.10 bits per heavy atom. The summed E-state index contributed by atoms with van der Waals surface area (Å²) < 4.78 is 47.9. The predicted octanol–water partition coefficient (Wildman–Crippen LogP) is 1.40. The Hall–Kier alpha value is -1.40. The van der Waals surface area contributed by atoms with Crippen molar-refractivity contribution in [2.24, 2.45) is 5.73 Å². The second-order valence-electron chi connectivity index (χ2n) is 7.02. The van der Waals surface area contributed by atoms with Crippen molar-refractivity contribution in [3.05, 3.63) is 36.4 Å². The van der Waals surface area contributed by atoms with Gasteiger partial charge in [-0.1, -0.05) is 12.1 Å². The lowest BCUT2D eigenvalue weighted by Gasteiger charge is -2.09. The van der Waals surface area contributed by atoms with E-state index in [0.29, 0.717) is 30.3 Å². The first-order chi connectivity index (χ1) is 14.4. The smallest absolute Gasteiger partial charge is 0.240 e. The monoisotopic (exact) mass is 456 g/mol. The van der Waals surface area contributed by atoms with Crippen LogP contribution in [0.4, 0.5) is 0 Å². The lowest BCUT2D eigenvalue weighted by Crippen LogP contribution is -2.28. The van der Waals surface area contributed by atoms with Gasteiger partial charge in [-0.3, -0.25) is 0 Å². The lowest BCUT2D eigenvalue weighted by atomic mass is 10.1. The fourth-order valence-corrected chi connectivity index (χ4v) is 4.48. The normalized spacial score (nSPS) is 13.0. The molecule has 0 heterocycles. The van der Waals surface area contributed by atoms with Crippen LogP contribution in [0.1, 0.15) is 25.7 Å². The van der Waals surface area contributed by atoms with Gasteiger partial charge in [-0.25, -0.2) is 17.3 Å². The fraction of sp³-hybridized carbons (Fsp3) is 0.500. The number of benzene rings is 2. The second kappa shape index (κ2) is 13.1. The molecule has 0 fully saturated rings. The summed E-state index contributed by atoms with van der Waals surface area (Å²) in [5.74, 6) is 0. The highest BCUT2D eigenvalue weighted by Crippen LogP contribution is 2.21. The van der Waals surface area contributed by atoms with E-state index >= 15 is 0 Å². The SMILES string of the molecule is NCCCNCCCCNCCCNS(=O)(=O)c1ccc2cc(S(=O)O)ccc2c1. The maximum Gasteiger partial charge on any atom is 0.240 e. The third-order valence-electron chi connectivity index (χ3n) is 4.63. The number of hydrogen-bond donors (Lipinski definition) is 5. The van der Waals surface area contributed by atoms with E-state index in [1.54, 1.807) is 24.3 Å². The molecule has 0 aliphatic heterocycles. The van der Waals surface area contributed by atoms with Gasteiger partial charge in [0.15, 0.2) is 11.1 Å². The lowest BCUT2D eigenvalue weighted by molar-refractivity contribution is 0.558. The van der Waals surface area contributed by atoms with Gasteiger partial charge in [-0.05, 0) is 93.4 Å². The topological polar surface area (TPSA) is 134 Å². The standard InChI is InChI=1S/C20H32N4O4S2/c21-9-3-12-22-10-1-2-11-23-13-4-14-24-30(27,28)20-8-6-17-15-19(29(25)26)7-5-18(17)16-20/h5-8,15-16,22-24H,1-4,9-14,21H2,(H,25,26). The highest BCUT2D eigenvalue weighted by molar-refractivity contribution is 7.89. The number of nitrogens with two attached hydrogens (primary N) is 1. The molecule has 0 aliphatic rings. The molecule has 1 unspecified atom stereocenters. The Bertz CT molecular complexity index is 922. The zero-order valence-corrected chi connectivity index (χ0v) is 18.7. The average Bonchev–Trinajstić information content (AvgIpc) is 2.73. The van der Waals surface area contributed by atoms with Gasteiger partial charge in [0.25, 0.3) is 0 Å². The second-order valence-corrected chi connectivity index (χ2v) is 9.76. The fourth-order valence-electron chi connectivity index (χ4n) is 2.96. The molecule has 0 aromatic heterocycles. The molecule has 2 aromatic carbocycles. The van der Waals surface area contributed by atoms with Crippen LogP contribution in [-0.2, 0) is 21.1 Å². The van der Waals surface area contributed by atoms with Crippen LogP contribution in [0.5, 0.6) is 0 Å². The average molecular weight is 457 g/mol. The molecular formula is C20H32N4O4S2. The molecule has 2 rings (SSSR count). The summed E-state index contributed by atoms with van der Waals surface area (Å²) in [5.41, 5.74) is 5.44. The molecule has 10 heteroatoms. The van der Waals surface area contributed by atoms with E-state index in [0.717, 1.165) is 45.4 Å². The van der Waals surface area contributed by atoms with Gasteiger partial charge in [0.1, 0.15) is 0 Å². The molecule has 0 spiro atoms. The highest BCUT2D eigenvalue weighted by Gasteiger charge is 2.14. The van der Waals surface area contributed by atoms with Crippen molar-refractivity contribution < 1.29 is 17.2 Å². The Morgan fingerprint density at radius 2 is 1.43 bits per heavy atom. The first kappa shape index (κ1) is 24.9. The highest BCUT2D eigenvalue weighted by atomic mass is 32.2. The molecule has 30 heavy (non-hydrogen) atoms. The molecule has 0 saturated heterocycles. The van der Waals surface area contributed by atoms with Crippen molar-refractivity contribution in [3.63, 3.8) is 0 Å². The van der Waals surface area contributed by atoms with Crippen LogP contribution in [0, 0.1) is 0 Å².